The van der Waals surface area contributed by atoms with Crippen LogP contribution in [-0.2, 0) is 0 Å². The van der Waals surface area contributed by atoms with Gasteiger partial charge in [-0.3, -0.25) is 4.79 Å². The summed E-state index contributed by atoms with van der Waals surface area (Å²) in [6, 6.07) is 13.3. The van der Waals surface area contributed by atoms with Crippen molar-refractivity contribution in [2.24, 2.45) is 0 Å². The number of hydrogen-bond acceptors (Lipinski definition) is 3. The summed E-state index contributed by atoms with van der Waals surface area (Å²) >= 11 is 6.19. The summed E-state index contributed by atoms with van der Waals surface area (Å²) in [6.07, 6.45) is 0.988. The molecule has 1 aliphatic rings. The highest BCUT2D eigenvalue weighted by Crippen LogP contribution is 2.38. The van der Waals surface area contributed by atoms with Crippen LogP contribution in [0, 0.1) is 0 Å². The molecule has 0 fully saturated rings. The highest BCUT2D eigenvalue weighted by atomic mass is 35.5. The van der Waals surface area contributed by atoms with Gasteiger partial charge in [-0.1, -0.05) is 23.7 Å². The van der Waals surface area contributed by atoms with Gasteiger partial charge in [0.25, 0.3) is 5.91 Å². The summed E-state index contributed by atoms with van der Waals surface area (Å²) in [5.74, 6) is -0.0979. The molecule has 1 aliphatic heterocycles. The molecular weight excluding hydrogens is 310 g/mol. The summed E-state index contributed by atoms with van der Waals surface area (Å²) in [5.41, 5.74) is 3.34. The lowest BCUT2D eigenvalue weighted by atomic mass is 10.1. The van der Waals surface area contributed by atoms with Crippen molar-refractivity contribution in [3.63, 3.8) is 0 Å². The number of rotatable bonds is 4. The Hall–Kier alpha value is -2.04. The standard InChI is InChI=1S/C18H20ClN3O/c1-21(2)10-5-11-22-16-7-4-3-6-15(16)20-18(23)14-9-8-13(19)12-17(14)22/h3-4,6-9,12H,5,10-11H2,1-2H3,(H,20,23). The van der Waals surface area contributed by atoms with Gasteiger partial charge in [-0.15, -0.1) is 0 Å². The maximum absolute atomic E-state index is 12.5. The lowest BCUT2D eigenvalue weighted by Crippen LogP contribution is -2.23. The molecule has 0 unspecified atom stereocenters. The molecule has 2 aromatic carbocycles. The second-order valence-corrected chi connectivity index (χ2v) is 6.38. The van der Waals surface area contributed by atoms with Crippen LogP contribution >= 0.6 is 11.6 Å². The molecule has 0 atom stereocenters. The van der Waals surface area contributed by atoms with Crippen molar-refractivity contribution in [3.8, 4) is 0 Å². The number of benzene rings is 2. The number of nitrogens with one attached hydrogen (secondary N) is 1. The number of para-hydroxylation sites is 2. The van der Waals surface area contributed by atoms with Crippen LogP contribution in [0.5, 0.6) is 0 Å². The van der Waals surface area contributed by atoms with E-state index in [4.69, 9.17) is 11.6 Å². The summed E-state index contributed by atoms with van der Waals surface area (Å²) in [4.78, 5) is 16.9. The minimum absolute atomic E-state index is 0.0979. The lowest BCUT2D eigenvalue weighted by molar-refractivity contribution is 0.102. The average molecular weight is 330 g/mol. The van der Waals surface area contributed by atoms with Crippen molar-refractivity contribution < 1.29 is 4.79 Å². The Balaban J connectivity index is 2.06. The number of carbonyl (C=O) groups excluding carboxylic acids is 1. The van der Waals surface area contributed by atoms with Crippen molar-refractivity contribution in [2.45, 2.75) is 6.42 Å². The molecule has 1 heterocycles. The van der Waals surface area contributed by atoms with Crippen LogP contribution in [0.15, 0.2) is 42.5 Å². The normalized spacial score (nSPS) is 13.4. The Morgan fingerprint density at radius 3 is 2.70 bits per heavy atom. The van der Waals surface area contributed by atoms with E-state index in [9.17, 15) is 4.79 Å². The van der Waals surface area contributed by atoms with E-state index in [2.05, 4.69) is 29.2 Å². The topological polar surface area (TPSA) is 35.6 Å². The van der Waals surface area contributed by atoms with Gasteiger partial charge in [0.1, 0.15) is 0 Å². The van der Waals surface area contributed by atoms with Crippen LogP contribution in [0.1, 0.15) is 16.8 Å². The van der Waals surface area contributed by atoms with Crippen LogP contribution in [0.3, 0.4) is 0 Å². The van der Waals surface area contributed by atoms with Crippen molar-refractivity contribution in [3.05, 3.63) is 53.1 Å². The number of fused-ring (bicyclic) bond motifs is 2. The van der Waals surface area contributed by atoms with Gasteiger partial charge in [0.15, 0.2) is 0 Å². The van der Waals surface area contributed by atoms with Gasteiger partial charge < -0.3 is 15.1 Å². The molecule has 0 spiro atoms. The smallest absolute Gasteiger partial charge is 0.257 e. The van der Waals surface area contributed by atoms with Gasteiger partial charge in [-0.2, -0.15) is 0 Å². The molecule has 3 rings (SSSR count). The quantitative estimate of drug-likeness (QED) is 0.921. The first kappa shape index (κ1) is 15.8. The minimum atomic E-state index is -0.0979. The van der Waals surface area contributed by atoms with Crippen LogP contribution in [0.25, 0.3) is 0 Å². The molecule has 0 saturated carbocycles. The average Bonchev–Trinajstić information content (AvgIpc) is 2.62. The zero-order valence-corrected chi connectivity index (χ0v) is 14.1. The lowest BCUT2D eigenvalue weighted by Gasteiger charge is -2.26. The number of amides is 1. The molecule has 0 bridgehead atoms. The van der Waals surface area contributed by atoms with Crippen LogP contribution in [0.4, 0.5) is 17.1 Å². The van der Waals surface area contributed by atoms with E-state index in [-0.39, 0.29) is 5.91 Å². The zero-order valence-electron chi connectivity index (χ0n) is 13.3. The second kappa shape index (κ2) is 6.60. The Bertz CT molecular complexity index is 730. The van der Waals surface area contributed by atoms with E-state index in [0.717, 1.165) is 36.6 Å². The summed E-state index contributed by atoms with van der Waals surface area (Å²) in [6.45, 7) is 1.80. The first-order valence-corrected chi connectivity index (χ1v) is 8.06. The highest BCUT2D eigenvalue weighted by Gasteiger charge is 2.24. The third-order valence-corrected chi connectivity index (χ3v) is 4.16. The summed E-state index contributed by atoms with van der Waals surface area (Å²) < 4.78 is 0. The van der Waals surface area contributed by atoms with E-state index < -0.39 is 0 Å². The molecule has 0 saturated heterocycles. The van der Waals surface area contributed by atoms with E-state index in [1.54, 1.807) is 12.1 Å². The van der Waals surface area contributed by atoms with Crippen molar-refractivity contribution in [1.82, 2.24) is 4.90 Å². The molecular formula is C18H20ClN3O. The third kappa shape index (κ3) is 3.33. The maximum atomic E-state index is 12.5. The summed E-state index contributed by atoms with van der Waals surface area (Å²) in [7, 11) is 4.12. The highest BCUT2D eigenvalue weighted by molar-refractivity contribution is 6.31. The van der Waals surface area contributed by atoms with Crippen molar-refractivity contribution in [1.29, 1.82) is 0 Å². The third-order valence-electron chi connectivity index (χ3n) is 3.93. The van der Waals surface area contributed by atoms with Gasteiger partial charge in [0, 0.05) is 11.6 Å². The van der Waals surface area contributed by atoms with E-state index >= 15 is 0 Å². The molecule has 1 N–H and O–H groups in total. The van der Waals surface area contributed by atoms with Crippen LogP contribution in [0.2, 0.25) is 5.02 Å². The minimum Gasteiger partial charge on any atom is -0.339 e. The van der Waals surface area contributed by atoms with E-state index in [1.807, 2.05) is 30.3 Å². The predicted octanol–water partition coefficient (Wildman–Crippen LogP) is 4.00. The first-order valence-electron chi connectivity index (χ1n) is 7.68. The molecule has 4 nitrogen and oxygen atoms in total. The molecule has 0 aromatic heterocycles. The van der Waals surface area contributed by atoms with Gasteiger partial charge in [0.2, 0.25) is 0 Å². The molecule has 1 amide bonds. The number of nitrogens with zero attached hydrogens (tertiary/aromatic N) is 2. The molecule has 0 aliphatic carbocycles. The number of hydrogen-bond donors (Lipinski definition) is 1. The second-order valence-electron chi connectivity index (χ2n) is 5.94. The zero-order chi connectivity index (χ0) is 16.4. The molecule has 120 valence electrons. The molecule has 2 aromatic rings. The maximum Gasteiger partial charge on any atom is 0.257 e. The number of halogens is 1. The fourth-order valence-corrected chi connectivity index (χ4v) is 3.01. The fraction of sp³-hybridized carbons (Fsp3) is 0.278. The van der Waals surface area contributed by atoms with Gasteiger partial charge in [-0.05, 0) is 57.4 Å². The molecule has 23 heavy (non-hydrogen) atoms. The largest absolute Gasteiger partial charge is 0.339 e. The Morgan fingerprint density at radius 1 is 1.13 bits per heavy atom. The predicted molar refractivity (Wildman–Crippen MR) is 96.0 cm³/mol. The first-order chi connectivity index (χ1) is 11.1. The van der Waals surface area contributed by atoms with Crippen LogP contribution in [-0.4, -0.2) is 38.0 Å². The van der Waals surface area contributed by atoms with Gasteiger partial charge >= 0.3 is 0 Å². The van der Waals surface area contributed by atoms with E-state index in [1.165, 1.54) is 0 Å². The van der Waals surface area contributed by atoms with Crippen molar-refractivity contribution in [2.75, 3.05) is 37.4 Å². The Kier molecular flexibility index (Phi) is 4.55. The van der Waals surface area contributed by atoms with Gasteiger partial charge in [0.05, 0.1) is 22.6 Å². The van der Waals surface area contributed by atoms with Crippen LogP contribution < -0.4 is 10.2 Å². The summed E-state index contributed by atoms with van der Waals surface area (Å²) in [5, 5.41) is 3.63. The monoisotopic (exact) mass is 329 g/mol. The number of anilines is 3. The SMILES string of the molecule is CN(C)CCCN1c2ccccc2NC(=O)c2ccc(Cl)cc21. The molecule has 5 heteroatoms. The molecule has 0 radical (unpaired) electrons. The van der Waals surface area contributed by atoms with E-state index in [0.29, 0.717) is 10.6 Å². The van der Waals surface area contributed by atoms with Crippen molar-refractivity contribution >= 4 is 34.6 Å². The number of carbonyl (C=O) groups is 1. The fourth-order valence-electron chi connectivity index (χ4n) is 2.84. The Labute approximate surface area is 141 Å². The van der Waals surface area contributed by atoms with Gasteiger partial charge in [-0.25, -0.2) is 0 Å². The Morgan fingerprint density at radius 2 is 1.91 bits per heavy atom.